The number of ether oxygens (including phenoxy) is 2. The summed E-state index contributed by atoms with van der Waals surface area (Å²) in [4.78, 5) is 17.4. The lowest BCUT2D eigenvalue weighted by Gasteiger charge is -2.38. The molecular weight excluding hydrogens is 342 g/mol. The van der Waals surface area contributed by atoms with Crippen LogP contribution in [0, 0.1) is 11.3 Å². The van der Waals surface area contributed by atoms with Gasteiger partial charge >= 0.3 is 0 Å². The highest BCUT2D eigenvalue weighted by atomic mass is 16.5. The van der Waals surface area contributed by atoms with Crippen LogP contribution in [0.15, 0.2) is 24.3 Å². The Morgan fingerprint density at radius 3 is 2.59 bits per heavy atom. The van der Waals surface area contributed by atoms with Gasteiger partial charge in [0.15, 0.2) is 6.10 Å². The van der Waals surface area contributed by atoms with Gasteiger partial charge in [0.25, 0.3) is 5.91 Å². The average molecular weight is 371 g/mol. The zero-order valence-corrected chi connectivity index (χ0v) is 16.4. The zero-order valence-electron chi connectivity index (χ0n) is 16.4. The monoisotopic (exact) mass is 371 g/mol. The van der Waals surface area contributed by atoms with Gasteiger partial charge in [0.05, 0.1) is 23.8 Å². The average Bonchev–Trinajstić information content (AvgIpc) is 3.08. The van der Waals surface area contributed by atoms with Crippen LogP contribution in [0.25, 0.3) is 0 Å². The van der Waals surface area contributed by atoms with Crippen LogP contribution in [-0.2, 0) is 9.53 Å². The quantitative estimate of drug-likeness (QED) is 0.795. The molecule has 1 aromatic carbocycles. The Labute approximate surface area is 161 Å². The highest BCUT2D eigenvalue weighted by Gasteiger charge is 2.34. The van der Waals surface area contributed by atoms with Gasteiger partial charge in [0.2, 0.25) is 0 Å². The SMILES string of the molecule is C[C@@H]1CN(C[C@@H]2CCCN2C(=O)[C@H](C)Oc2ccc(C#N)cc2)C[C@@H](C)O1. The maximum absolute atomic E-state index is 13.0. The van der Waals surface area contributed by atoms with E-state index in [0.29, 0.717) is 11.3 Å². The van der Waals surface area contributed by atoms with E-state index in [1.807, 2.05) is 4.90 Å². The van der Waals surface area contributed by atoms with Crippen molar-refractivity contribution in [3.63, 3.8) is 0 Å². The predicted octanol–water partition coefficient (Wildman–Crippen LogP) is 2.43. The molecule has 0 saturated carbocycles. The molecule has 3 rings (SSSR count). The number of morpholine rings is 1. The maximum atomic E-state index is 13.0. The van der Waals surface area contributed by atoms with Crippen LogP contribution in [0.4, 0.5) is 0 Å². The summed E-state index contributed by atoms with van der Waals surface area (Å²) in [5, 5.41) is 8.88. The van der Waals surface area contributed by atoms with E-state index in [9.17, 15) is 4.79 Å². The topological polar surface area (TPSA) is 65.8 Å². The Kier molecular flexibility index (Phi) is 6.35. The largest absolute Gasteiger partial charge is 0.481 e. The number of hydrogen-bond acceptors (Lipinski definition) is 5. The minimum Gasteiger partial charge on any atom is -0.481 e. The van der Waals surface area contributed by atoms with E-state index in [1.165, 1.54) is 0 Å². The zero-order chi connectivity index (χ0) is 19.4. The van der Waals surface area contributed by atoms with Crippen LogP contribution in [0.3, 0.4) is 0 Å². The van der Waals surface area contributed by atoms with E-state index in [-0.39, 0.29) is 24.2 Å². The van der Waals surface area contributed by atoms with E-state index in [0.717, 1.165) is 39.0 Å². The molecule has 2 aliphatic rings. The minimum atomic E-state index is -0.541. The molecule has 0 bridgehead atoms. The van der Waals surface area contributed by atoms with Crippen LogP contribution in [0.5, 0.6) is 5.75 Å². The number of hydrogen-bond donors (Lipinski definition) is 0. The van der Waals surface area contributed by atoms with Crippen molar-refractivity contribution in [3.8, 4) is 11.8 Å². The predicted molar refractivity (Wildman–Crippen MR) is 102 cm³/mol. The smallest absolute Gasteiger partial charge is 0.263 e. The van der Waals surface area contributed by atoms with Crippen molar-refractivity contribution >= 4 is 5.91 Å². The van der Waals surface area contributed by atoms with Gasteiger partial charge in [-0.15, -0.1) is 0 Å². The van der Waals surface area contributed by atoms with E-state index >= 15 is 0 Å². The van der Waals surface area contributed by atoms with Crippen LogP contribution in [0.1, 0.15) is 39.2 Å². The molecule has 6 heteroatoms. The third kappa shape index (κ3) is 5.00. The van der Waals surface area contributed by atoms with Gasteiger partial charge in [-0.25, -0.2) is 0 Å². The number of benzene rings is 1. The summed E-state index contributed by atoms with van der Waals surface area (Å²) in [6.07, 6.45) is 2.00. The molecule has 6 nitrogen and oxygen atoms in total. The summed E-state index contributed by atoms with van der Waals surface area (Å²) in [6.45, 7) is 9.53. The standard InChI is InChI=1S/C21H29N3O3/c1-15-12-23(13-16(2)26-15)14-19-5-4-10-24(19)21(25)17(3)27-20-8-6-18(11-22)7-9-20/h6-9,15-17,19H,4-5,10,12-14H2,1-3H3/t15-,16-,17+,19+/m1/s1. The van der Waals surface area contributed by atoms with Crippen molar-refractivity contribution < 1.29 is 14.3 Å². The normalized spacial score (nSPS) is 27.2. The fraction of sp³-hybridized carbons (Fsp3) is 0.619. The third-order valence-electron chi connectivity index (χ3n) is 5.27. The van der Waals surface area contributed by atoms with Gasteiger partial charge in [-0.1, -0.05) is 0 Å². The fourth-order valence-electron chi connectivity index (χ4n) is 4.14. The van der Waals surface area contributed by atoms with Crippen molar-refractivity contribution in [2.75, 3.05) is 26.2 Å². The second-order valence-corrected chi connectivity index (χ2v) is 7.70. The number of nitriles is 1. The molecule has 146 valence electrons. The van der Waals surface area contributed by atoms with Crippen molar-refractivity contribution in [3.05, 3.63) is 29.8 Å². The number of nitrogens with zero attached hydrogens (tertiary/aromatic N) is 3. The first-order chi connectivity index (χ1) is 13.0. The first-order valence-corrected chi connectivity index (χ1v) is 9.81. The molecule has 1 amide bonds. The lowest BCUT2D eigenvalue weighted by Crippen LogP contribution is -2.52. The van der Waals surface area contributed by atoms with Crippen LogP contribution in [-0.4, -0.2) is 66.2 Å². The lowest BCUT2D eigenvalue weighted by atomic mass is 10.1. The number of carbonyl (C=O) groups is 1. The Balaban J connectivity index is 1.58. The van der Waals surface area contributed by atoms with Gasteiger partial charge in [0, 0.05) is 32.2 Å². The molecule has 2 aliphatic heterocycles. The Morgan fingerprint density at radius 2 is 1.96 bits per heavy atom. The van der Waals surface area contributed by atoms with E-state index in [1.54, 1.807) is 31.2 Å². The second kappa shape index (κ2) is 8.73. The third-order valence-corrected chi connectivity index (χ3v) is 5.27. The number of likely N-dealkylation sites (tertiary alicyclic amines) is 1. The van der Waals surface area contributed by atoms with E-state index in [4.69, 9.17) is 14.7 Å². The van der Waals surface area contributed by atoms with Gasteiger partial charge < -0.3 is 14.4 Å². The van der Waals surface area contributed by atoms with E-state index < -0.39 is 6.10 Å². The summed E-state index contributed by atoms with van der Waals surface area (Å²) >= 11 is 0. The minimum absolute atomic E-state index is 0.0382. The number of amides is 1. The summed E-state index contributed by atoms with van der Waals surface area (Å²) in [7, 11) is 0. The van der Waals surface area contributed by atoms with Gasteiger partial charge in [-0.2, -0.15) is 5.26 Å². The first-order valence-electron chi connectivity index (χ1n) is 9.81. The van der Waals surface area contributed by atoms with Crippen molar-refractivity contribution in [1.82, 2.24) is 9.80 Å². The summed E-state index contributed by atoms with van der Waals surface area (Å²) in [6, 6.07) is 9.19. The molecule has 0 radical (unpaired) electrons. The number of carbonyl (C=O) groups excluding carboxylic acids is 1. The molecule has 0 spiro atoms. The van der Waals surface area contributed by atoms with Crippen LogP contribution < -0.4 is 4.74 Å². The maximum Gasteiger partial charge on any atom is 0.263 e. The molecule has 2 fully saturated rings. The molecule has 1 aromatic rings. The first kappa shape index (κ1) is 19.7. The van der Waals surface area contributed by atoms with Gasteiger partial charge in [0.1, 0.15) is 5.75 Å². The molecule has 0 aromatic heterocycles. The molecule has 27 heavy (non-hydrogen) atoms. The van der Waals surface area contributed by atoms with Crippen LogP contribution >= 0.6 is 0 Å². The Bertz CT molecular complexity index is 675. The summed E-state index contributed by atoms with van der Waals surface area (Å²) < 4.78 is 11.6. The van der Waals surface area contributed by atoms with Crippen molar-refractivity contribution in [2.45, 2.75) is 58.0 Å². The summed E-state index contributed by atoms with van der Waals surface area (Å²) in [5.74, 6) is 0.651. The molecule has 0 N–H and O–H groups in total. The van der Waals surface area contributed by atoms with Gasteiger partial charge in [-0.3, -0.25) is 9.69 Å². The molecule has 4 atom stereocenters. The lowest BCUT2D eigenvalue weighted by molar-refractivity contribution is -0.139. The van der Waals surface area contributed by atoms with Crippen molar-refractivity contribution in [1.29, 1.82) is 5.26 Å². The molecular formula is C21H29N3O3. The molecule has 0 aliphatic carbocycles. The fourth-order valence-corrected chi connectivity index (χ4v) is 4.14. The number of rotatable bonds is 5. The Hall–Kier alpha value is -2.10. The van der Waals surface area contributed by atoms with Gasteiger partial charge in [-0.05, 0) is 57.9 Å². The highest BCUT2D eigenvalue weighted by Crippen LogP contribution is 2.23. The van der Waals surface area contributed by atoms with Crippen molar-refractivity contribution in [2.24, 2.45) is 0 Å². The second-order valence-electron chi connectivity index (χ2n) is 7.70. The van der Waals surface area contributed by atoms with Crippen LogP contribution in [0.2, 0.25) is 0 Å². The molecule has 2 saturated heterocycles. The summed E-state index contributed by atoms with van der Waals surface area (Å²) in [5.41, 5.74) is 0.579. The molecule has 0 unspecified atom stereocenters. The molecule has 2 heterocycles. The Morgan fingerprint density at radius 1 is 1.30 bits per heavy atom. The van der Waals surface area contributed by atoms with E-state index in [2.05, 4.69) is 24.8 Å². The highest BCUT2D eigenvalue weighted by molar-refractivity contribution is 5.81.